The summed E-state index contributed by atoms with van der Waals surface area (Å²) in [6, 6.07) is 6.82. The summed E-state index contributed by atoms with van der Waals surface area (Å²) in [7, 11) is 0. The van der Waals surface area contributed by atoms with Gasteiger partial charge in [-0.3, -0.25) is 0 Å². The molecule has 0 spiro atoms. The summed E-state index contributed by atoms with van der Waals surface area (Å²) in [6.07, 6.45) is 0.963. The van der Waals surface area contributed by atoms with Crippen LogP contribution in [0.15, 0.2) is 30.6 Å². The van der Waals surface area contributed by atoms with Gasteiger partial charge in [0.2, 0.25) is 0 Å². The van der Waals surface area contributed by atoms with Gasteiger partial charge in [0.05, 0.1) is 11.9 Å². The van der Waals surface area contributed by atoms with Crippen LogP contribution in [0, 0.1) is 0 Å². The number of benzene rings is 1. The van der Waals surface area contributed by atoms with Crippen LogP contribution in [0.2, 0.25) is 0 Å². The van der Waals surface area contributed by atoms with Gasteiger partial charge in [0.1, 0.15) is 23.6 Å². The largest absolute Gasteiger partial charge is 0.508 e. The number of phenolic OH excluding ortho intramolecular Hbond substituents is 1. The molecule has 132 valence electrons. The van der Waals surface area contributed by atoms with E-state index >= 15 is 0 Å². The Morgan fingerprint density at radius 3 is 2.64 bits per heavy atom. The van der Waals surface area contributed by atoms with Crippen molar-refractivity contribution >= 4 is 16.9 Å². The average Bonchev–Trinajstić information content (AvgIpc) is 2.95. The highest BCUT2D eigenvalue weighted by atomic mass is 16.7. The third-order valence-corrected chi connectivity index (χ3v) is 3.71. The maximum Gasteiger partial charge on any atom is 0.177 e. The summed E-state index contributed by atoms with van der Waals surface area (Å²) >= 11 is 0. The lowest BCUT2D eigenvalue weighted by Gasteiger charge is -2.16. The number of hydrogen-bond acceptors (Lipinski definition) is 7. The van der Waals surface area contributed by atoms with Gasteiger partial charge in [-0.15, -0.1) is 0 Å². The number of ether oxygens (including phenoxy) is 2. The lowest BCUT2D eigenvalue weighted by Crippen LogP contribution is -2.24. The smallest absolute Gasteiger partial charge is 0.177 e. The zero-order valence-corrected chi connectivity index (χ0v) is 14.2. The maximum atomic E-state index is 9.77. The minimum Gasteiger partial charge on any atom is -0.508 e. The van der Waals surface area contributed by atoms with E-state index in [0.717, 1.165) is 5.56 Å². The molecule has 8 heteroatoms. The predicted molar refractivity (Wildman–Crippen MR) is 93.9 cm³/mol. The lowest BCUT2D eigenvalue weighted by molar-refractivity contribution is -0.144. The first-order valence-electron chi connectivity index (χ1n) is 8.13. The number of aromatic nitrogens is 4. The second-order valence-electron chi connectivity index (χ2n) is 5.38. The Kier molecular flexibility index (Phi) is 5.11. The van der Waals surface area contributed by atoms with Gasteiger partial charge in [-0.2, -0.15) is 5.10 Å². The molecule has 0 aliphatic rings. The highest BCUT2D eigenvalue weighted by molar-refractivity contribution is 5.98. The molecular weight excluding hydrogens is 322 g/mol. The van der Waals surface area contributed by atoms with Crippen molar-refractivity contribution in [2.45, 2.75) is 26.7 Å². The van der Waals surface area contributed by atoms with Crippen LogP contribution in [0.3, 0.4) is 0 Å². The third-order valence-electron chi connectivity index (χ3n) is 3.71. The van der Waals surface area contributed by atoms with Crippen molar-refractivity contribution in [1.29, 1.82) is 0 Å². The molecule has 3 N–H and O–H groups in total. The Bertz CT molecular complexity index is 859. The van der Waals surface area contributed by atoms with Crippen LogP contribution < -0.4 is 5.73 Å². The van der Waals surface area contributed by atoms with Crippen molar-refractivity contribution in [2.75, 3.05) is 18.9 Å². The average molecular weight is 343 g/mol. The Morgan fingerprint density at radius 2 is 1.96 bits per heavy atom. The number of rotatable bonds is 7. The molecule has 2 heterocycles. The number of nitrogens with two attached hydrogens (primary N) is 1. The first-order valence-corrected chi connectivity index (χ1v) is 8.13. The normalized spacial score (nSPS) is 11.5. The number of fused-ring (bicyclic) bond motifs is 1. The van der Waals surface area contributed by atoms with Crippen LogP contribution in [-0.4, -0.2) is 44.4 Å². The van der Waals surface area contributed by atoms with E-state index in [4.69, 9.17) is 15.2 Å². The summed E-state index contributed by atoms with van der Waals surface area (Å²) in [5.41, 5.74) is 8.00. The van der Waals surface area contributed by atoms with Crippen molar-refractivity contribution in [3.63, 3.8) is 0 Å². The quantitative estimate of drug-likeness (QED) is 0.633. The molecule has 0 unspecified atom stereocenters. The number of aromatic hydroxyl groups is 1. The molecule has 0 fully saturated rings. The van der Waals surface area contributed by atoms with Gasteiger partial charge in [-0.1, -0.05) is 12.1 Å². The first-order chi connectivity index (χ1) is 12.1. The van der Waals surface area contributed by atoms with Crippen molar-refractivity contribution in [3.05, 3.63) is 30.6 Å². The molecule has 0 atom stereocenters. The zero-order valence-electron chi connectivity index (χ0n) is 14.2. The molecule has 0 saturated carbocycles. The molecule has 0 aliphatic carbocycles. The van der Waals surface area contributed by atoms with E-state index < -0.39 is 6.29 Å². The van der Waals surface area contributed by atoms with Crippen LogP contribution >= 0.6 is 0 Å². The fraction of sp³-hybridized carbons (Fsp3) is 0.353. The Morgan fingerprint density at radius 1 is 1.20 bits per heavy atom. The molecule has 2 aromatic heterocycles. The van der Waals surface area contributed by atoms with Gasteiger partial charge in [-0.05, 0) is 26.0 Å². The standard InChI is InChI=1S/C17H21N5O3/c1-3-24-13(25-4-2)9-22-17-14(16(18)19-10-20-17)15(21-22)11-6-5-7-12(23)8-11/h5-8,10,13,23H,3-4,9H2,1-2H3,(H2,18,19,20). The van der Waals surface area contributed by atoms with Gasteiger partial charge in [0, 0.05) is 18.8 Å². The van der Waals surface area contributed by atoms with E-state index in [2.05, 4.69) is 15.1 Å². The van der Waals surface area contributed by atoms with Gasteiger partial charge in [0.15, 0.2) is 11.9 Å². The minimum atomic E-state index is -0.439. The molecule has 0 bridgehead atoms. The number of nitrogens with zero attached hydrogens (tertiary/aromatic N) is 4. The Labute approximate surface area is 145 Å². The van der Waals surface area contributed by atoms with Crippen LogP contribution in [0.5, 0.6) is 5.75 Å². The summed E-state index contributed by atoms with van der Waals surface area (Å²) in [6.45, 7) is 5.24. The van der Waals surface area contributed by atoms with E-state index in [-0.39, 0.29) is 5.75 Å². The van der Waals surface area contributed by atoms with Crippen molar-refractivity contribution in [2.24, 2.45) is 0 Å². The molecule has 3 aromatic rings. The first kappa shape index (κ1) is 17.1. The topological polar surface area (TPSA) is 108 Å². The Balaban J connectivity index is 2.10. The van der Waals surface area contributed by atoms with Gasteiger partial charge >= 0.3 is 0 Å². The van der Waals surface area contributed by atoms with Gasteiger partial charge in [-0.25, -0.2) is 14.6 Å². The van der Waals surface area contributed by atoms with E-state index in [9.17, 15) is 5.11 Å². The molecular formula is C17H21N5O3. The number of hydrogen-bond donors (Lipinski definition) is 2. The zero-order chi connectivity index (χ0) is 17.8. The summed E-state index contributed by atoms with van der Waals surface area (Å²) in [4.78, 5) is 8.39. The van der Waals surface area contributed by atoms with E-state index in [1.165, 1.54) is 6.33 Å². The van der Waals surface area contributed by atoms with E-state index in [1.54, 1.807) is 22.9 Å². The molecule has 25 heavy (non-hydrogen) atoms. The van der Waals surface area contributed by atoms with Crippen molar-refractivity contribution in [1.82, 2.24) is 19.7 Å². The van der Waals surface area contributed by atoms with Crippen LogP contribution in [0.4, 0.5) is 5.82 Å². The highest BCUT2D eigenvalue weighted by Crippen LogP contribution is 2.31. The second kappa shape index (κ2) is 7.45. The fourth-order valence-corrected chi connectivity index (χ4v) is 2.68. The van der Waals surface area contributed by atoms with Gasteiger partial charge in [0.25, 0.3) is 0 Å². The maximum absolute atomic E-state index is 9.77. The molecule has 8 nitrogen and oxygen atoms in total. The van der Waals surface area contributed by atoms with Gasteiger partial charge < -0.3 is 20.3 Å². The van der Waals surface area contributed by atoms with Crippen molar-refractivity contribution in [3.8, 4) is 17.0 Å². The van der Waals surface area contributed by atoms with Crippen LogP contribution in [0.1, 0.15) is 13.8 Å². The molecule has 0 saturated heterocycles. The number of phenols is 1. The van der Waals surface area contributed by atoms with E-state index in [1.807, 2.05) is 19.9 Å². The monoisotopic (exact) mass is 343 g/mol. The van der Waals surface area contributed by atoms with E-state index in [0.29, 0.717) is 42.3 Å². The Hall–Kier alpha value is -2.71. The molecule has 3 rings (SSSR count). The summed E-state index contributed by atoms with van der Waals surface area (Å²) in [5.74, 6) is 0.482. The molecule has 0 radical (unpaired) electrons. The van der Waals surface area contributed by atoms with Crippen LogP contribution in [-0.2, 0) is 16.0 Å². The fourth-order valence-electron chi connectivity index (χ4n) is 2.68. The molecule has 1 aromatic carbocycles. The lowest BCUT2D eigenvalue weighted by atomic mass is 10.1. The number of anilines is 1. The molecule has 0 aliphatic heterocycles. The minimum absolute atomic E-state index is 0.150. The summed E-state index contributed by atoms with van der Waals surface area (Å²) in [5, 5.41) is 15.0. The van der Waals surface area contributed by atoms with Crippen LogP contribution in [0.25, 0.3) is 22.3 Å². The second-order valence-corrected chi connectivity index (χ2v) is 5.38. The third kappa shape index (κ3) is 3.54. The summed E-state index contributed by atoms with van der Waals surface area (Å²) < 4.78 is 12.9. The predicted octanol–water partition coefficient (Wildman–Crippen LogP) is 2.18. The highest BCUT2D eigenvalue weighted by Gasteiger charge is 2.20. The SMILES string of the molecule is CCOC(Cn1nc(-c2cccc(O)c2)c2c(N)ncnc21)OCC. The number of nitrogen functional groups attached to an aromatic ring is 1. The van der Waals surface area contributed by atoms with Crippen molar-refractivity contribution < 1.29 is 14.6 Å². The molecule has 0 amide bonds.